The van der Waals surface area contributed by atoms with E-state index in [1.165, 1.54) is 0 Å². The van der Waals surface area contributed by atoms with E-state index in [4.69, 9.17) is 0 Å². The summed E-state index contributed by atoms with van der Waals surface area (Å²) in [5.41, 5.74) is 3.35. The molecule has 0 heterocycles. The summed E-state index contributed by atoms with van der Waals surface area (Å²) in [6.07, 6.45) is 1.16. The molecular formula is C8H15ISi. The highest BCUT2D eigenvalue weighted by atomic mass is 127. The molecule has 10 heavy (non-hydrogen) atoms. The third kappa shape index (κ3) is 6.62. The molecule has 0 bridgehead atoms. The van der Waals surface area contributed by atoms with E-state index >= 15 is 0 Å². The third-order valence-corrected chi connectivity index (χ3v) is 3.05. The van der Waals surface area contributed by atoms with E-state index in [2.05, 4.69) is 60.6 Å². The van der Waals surface area contributed by atoms with Crippen molar-refractivity contribution in [3.05, 3.63) is 0 Å². The van der Waals surface area contributed by atoms with Crippen LogP contribution in [0, 0.1) is 11.5 Å². The minimum absolute atomic E-state index is 0.560. The summed E-state index contributed by atoms with van der Waals surface area (Å²) >= 11 is 2.39. The lowest BCUT2D eigenvalue weighted by Gasteiger charge is -2.04. The zero-order chi connectivity index (χ0) is 8.20. The van der Waals surface area contributed by atoms with Gasteiger partial charge >= 0.3 is 0 Å². The molecule has 0 rings (SSSR count). The summed E-state index contributed by atoms with van der Waals surface area (Å²) in [5, 5.41) is 0. The molecule has 0 spiro atoms. The number of alkyl halides is 1. The van der Waals surface area contributed by atoms with Crippen molar-refractivity contribution < 1.29 is 0 Å². The Hall–Kier alpha value is 0.507. The van der Waals surface area contributed by atoms with Crippen LogP contribution in [0.5, 0.6) is 0 Å². The van der Waals surface area contributed by atoms with E-state index in [-0.39, 0.29) is 0 Å². The summed E-state index contributed by atoms with van der Waals surface area (Å²) in [4.78, 5) is 0. The molecule has 0 aliphatic rings. The molecule has 0 saturated carbocycles. The van der Waals surface area contributed by atoms with Crippen LogP contribution in [0.15, 0.2) is 0 Å². The molecule has 0 amide bonds. The SMILES string of the molecule is CC[C@H](I)C#C[Si](C)(C)C. The fraction of sp³-hybridized carbons (Fsp3) is 0.750. The Balaban J connectivity index is 3.91. The molecule has 0 aliphatic heterocycles. The quantitative estimate of drug-likeness (QED) is 0.296. The summed E-state index contributed by atoms with van der Waals surface area (Å²) in [6, 6.07) is 0. The van der Waals surface area contributed by atoms with Crippen LogP contribution in [0.25, 0.3) is 0 Å². The van der Waals surface area contributed by atoms with Crippen molar-refractivity contribution >= 4 is 30.7 Å². The first kappa shape index (κ1) is 10.5. The Bertz CT molecular complexity index is 147. The van der Waals surface area contributed by atoms with Gasteiger partial charge in [0, 0.05) is 0 Å². The van der Waals surface area contributed by atoms with Gasteiger partial charge in [0.15, 0.2) is 0 Å². The summed E-state index contributed by atoms with van der Waals surface area (Å²) in [5.74, 6) is 3.27. The van der Waals surface area contributed by atoms with Crippen molar-refractivity contribution in [3.63, 3.8) is 0 Å². The predicted molar refractivity (Wildman–Crippen MR) is 59.2 cm³/mol. The Morgan fingerprint density at radius 1 is 1.40 bits per heavy atom. The fourth-order valence-corrected chi connectivity index (χ4v) is 1.45. The molecule has 0 aromatic rings. The number of rotatable bonds is 1. The van der Waals surface area contributed by atoms with Crippen LogP contribution >= 0.6 is 22.6 Å². The first-order valence-corrected chi connectivity index (χ1v) is 8.37. The summed E-state index contributed by atoms with van der Waals surface area (Å²) < 4.78 is 0.560. The van der Waals surface area contributed by atoms with Crippen LogP contribution in [0.4, 0.5) is 0 Å². The van der Waals surface area contributed by atoms with Gasteiger partial charge in [-0.05, 0) is 6.42 Å². The molecule has 58 valence electrons. The third-order valence-electron chi connectivity index (χ3n) is 0.962. The molecular weight excluding hydrogens is 251 g/mol. The number of hydrogen-bond acceptors (Lipinski definition) is 0. The molecule has 0 nitrogen and oxygen atoms in total. The van der Waals surface area contributed by atoms with E-state index < -0.39 is 8.07 Å². The normalized spacial score (nSPS) is 13.7. The standard InChI is InChI=1S/C8H15ISi/c1-5-8(9)6-7-10(2,3)4/h8H,5H2,1-4H3/t8-/m0/s1. The Morgan fingerprint density at radius 3 is 2.20 bits per heavy atom. The van der Waals surface area contributed by atoms with Gasteiger partial charge in [-0.2, -0.15) is 0 Å². The van der Waals surface area contributed by atoms with Crippen molar-refractivity contribution in [2.24, 2.45) is 0 Å². The average Bonchev–Trinajstić information content (AvgIpc) is 1.81. The van der Waals surface area contributed by atoms with Crippen LogP contribution in [0.1, 0.15) is 13.3 Å². The smallest absolute Gasteiger partial charge is 0.129 e. The van der Waals surface area contributed by atoms with Gasteiger partial charge in [-0.3, -0.25) is 0 Å². The van der Waals surface area contributed by atoms with Crippen LogP contribution in [-0.4, -0.2) is 12.0 Å². The highest BCUT2D eigenvalue weighted by Crippen LogP contribution is 2.04. The van der Waals surface area contributed by atoms with E-state index in [9.17, 15) is 0 Å². The maximum absolute atomic E-state index is 3.35. The molecule has 0 aromatic heterocycles. The Labute approximate surface area is 78.9 Å². The van der Waals surface area contributed by atoms with E-state index in [1.807, 2.05) is 0 Å². The predicted octanol–water partition coefficient (Wildman–Crippen LogP) is 3.08. The zero-order valence-electron chi connectivity index (χ0n) is 7.16. The summed E-state index contributed by atoms with van der Waals surface area (Å²) in [6.45, 7) is 9.01. The number of hydrogen-bond donors (Lipinski definition) is 0. The largest absolute Gasteiger partial charge is 0.131 e. The van der Waals surface area contributed by atoms with Gasteiger partial charge in [-0.25, -0.2) is 0 Å². The molecule has 0 aliphatic carbocycles. The summed E-state index contributed by atoms with van der Waals surface area (Å²) in [7, 11) is -1.10. The van der Waals surface area contributed by atoms with Crippen molar-refractivity contribution in [1.29, 1.82) is 0 Å². The Morgan fingerprint density at radius 2 is 1.90 bits per heavy atom. The minimum Gasteiger partial charge on any atom is -0.131 e. The average molecular weight is 266 g/mol. The van der Waals surface area contributed by atoms with Crippen LogP contribution in [0.2, 0.25) is 19.6 Å². The lowest BCUT2D eigenvalue weighted by Crippen LogP contribution is -2.16. The minimum atomic E-state index is -1.10. The van der Waals surface area contributed by atoms with E-state index in [0.29, 0.717) is 3.92 Å². The van der Waals surface area contributed by atoms with Gasteiger partial charge in [0.05, 0.1) is 3.92 Å². The lowest BCUT2D eigenvalue weighted by molar-refractivity contribution is 1.03. The maximum Gasteiger partial charge on any atom is 0.129 e. The van der Waals surface area contributed by atoms with Crippen molar-refractivity contribution in [2.45, 2.75) is 36.9 Å². The van der Waals surface area contributed by atoms with Gasteiger partial charge in [-0.1, -0.05) is 55.1 Å². The van der Waals surface area contributed by atoms with Gasteiger partial charge in [0.25, 0.3) is 0 Å². The first-order valence-electron chi connectivity index (χ1n) is 3.62. The molecule has 2 heteroatoms. The second kappa shape index (κ2) is 4.40. The second-order valence-corrected chi connectivity index (χ2v) is 9.65. The van der Waals surface area contributed by atoms with Crippen molar-refractivity contribution in [1.82, 2.24) is 0 Å². The van der Waals surface area contributed by atoms with Crippen molar-refractivity contribution in [2.75, 3.05) is 0 Å². The molecule has 0 fully saturated rings. The Kier molecular flexibility index (Phi) is 4.62. The monoisotopic (exact) mass is 266 g/mol. The van der Waals surface area contributed by atoms with Gasteiger partial charge in [-0.15, -0.1) is 5.54 Å². The molecule has 0 radical (unpaired) electrons. The molecule has 0 saturated heterocycles. The highest BCUT2D eigenvalue weighted by Gasteiger charge is 2.07. The maximum atomic E-state index is 3.35. The van der Waals surface area contributed by atoms with Gasteiger partial charge in [0.2, 0.25) is 0 Å². The van der Waals surface area contributed by atoms with E-state index in [0.717, 1.165) is 6.42 Å². The molecule has 1 atom stereocenters. The fourth-order valence-electron chi connectivity index (χ4n) is 0.397. The zero-order valence-corrected chi connectivity index (χ0v) is 10.3. The second-order valence-electron chi connectivity index (χ2n) is 3.40. The van der Waals surface area contributed by atoms with Crippen LogP contribution < -0.4 is 0 Å². The molecule has 0 unspecified atom stereocenters. The van der Waals surface area contributed by atoms with Gasteiger partial charge < -0.3 is 0 Å². The number of halogens is 1. The van der Waals surface area contributed by atoms with E-state index in [1.54, 1.807) is 0 Å². The molecule has 0 N–H and O–H groups in total. The first-order chi connectivity index (χ1) is 4.45. The van der Waals surface area contributed by atoms with Crippen molar-refractivity contribution in [3.8, 4) is 11.5 Å². The van der Waals surface area contributed by atoms with Crippen LogP contribution in [0.3, 0.4) is 0 Å². The van der Waals surface area contributed by atoms with Crippen LogP contribution in [-0.2, 0) is 0 Å². The topological polar surface area (TPSA) is 0 Å². The molecule has 0 aromatic carbocycles. The van der Waals surface area contributed by atoms with Gasteiger partial charge in [0.1, 0.15) is 8.07 Å². The highest BCUT2D eigenvalue weighted by molar-refractivity contribution is 14.1. The lowest BCUT2D eigenvalue weighted by atomic mass is 10.4.